The van der Waals surface area contributed by atoms with Gasteiger partial charge in [0.2, 0.25) is 0 Å². The minimum atomic E-state index is -0.346. The number of carbonyl (C=O) groups is 2. The highest BCUT2D eigenvalue weighted by Gasteiger charge is 2.19. The number of likely N-dealkylation sites (tertiary alicyclic amines) is 1. The number of aromatic nitrogens is 3. The van der Waals surface area contributed by atoms with Crippen molar-refractivity contribution >= 4 is 28.7 Å². The molecule has 33 heavy (non-hydrogen) atoms. The zero-order valence-corrected chi connectivity index (χ0v) is 18.8. The number of hydrogen-bond acceptors (Lipinski definition) is 6. The van der Waals surface area contributed by atoms with E-state index in [0.29, 0.717) is 41.4 Å². The topological polar surface area (TPSA) is 111 Å². The van der Waals surface area contributed by atoms with Crippen LogP contribution in [-0.2, 0) is 6.54 Å². The molecule has 0 radical (unpaired) electrons. The van der Waals surface area contributed by atoms with Gasteiger partial charge in [-0.3, -0.25) is 4.79 Å². The molecule has 0 bridgehead atoms. The van der Waals surface area contributed by atoms with Gasteiger partial charge in [0.05, 0.1) is 26.3 Å². The summed E-state index contributed by atoms with van der Waals surface area (Å²) >= 11 is 0. The van der Waals surface area contributed by atoms with E-state index in [1.165, 1.54) is 13.5 Å². The number of nitrogens with zero attached hydrogens (tertiary/aromatic N) is 4. The third-order valence-corrected chi connectivity index (χ3v) is 5.65. The maximum atomic E-state index is 12.7. The molecule has 0 saturated carbocycles. The number of piperidine rings is 1. The summed E-state index contributed by atoms with van der Waals surface area (Å²) in [7, 11) is 3.09. The van der Waals surface area contributed by atoms with Crippen LogP contribution in [0.15, 0.2) is 36.4 Å². The van der Waals surface area contributed by atoms with E-state index in [0.717, 1.165) is 31.4 Å². The van der Waals surface area contributed by atoms with Crippen molar-refractivity contribution in [3.8, 4) is 11.5 Å². The number of anilines is 1. The lowest BCUT2D eigenvalue weighted by molar-refractivity contribution is 0.0724. The number of nitrogens with one attached hydrogen (secondary N) is 2. The average molecular weight is 453 g/mol. The van der Waals surface area contributed by atoms with Crippen LogP contribution in [0.4, 0.5) is 10.5 Å². The fraction of sp³-hybridized carbons (Fsp3) is 0.391. The normalized spacial score (nSPS) is 13.6. The summed E-state index contributed by atoms with van der Waals surface area (Å²) in [5, 5.41) is 13.9. The van der Waals surface area contributed by atoms with Crippen molar-refractivity contribution in [2.45, 2.75) is 25.8 Å². The number of urea groups is 1. The molecule has 0 aliphatic carbocycles. The van der Waals surface area contributed by atoms with Crippen LogP contribution in [0, 0.1) is 0 Å². The van der Waals surface area contributed by atoms with Gasteiger partial charge in [-0.15, -0.1) is 5.10 Å². The summed E-state index contributed by atoms with van der Waals surface area (Å²) in [6, 6.07) is 10.3. The highest BCUT2D eigenvalue weighted by molar-refractivity contribution is 5.97. The van der Waals surface area contributed by atoms with Gasteiger partial charge < -0.3 is 25.0 Å². The maximum Gasteiger partial charge on any atom is 0.319 e. The number of benzene rings is 2. The number of hydrogen-bond donors (Lipinski definition) is 2. The Morgan fingerprint density at radius 2 is 1.79 bits per heavy atom. The molecule has 2 N–H and O–H groups in total. The lowest BCUT2D eigenvalue weighted by Crippen LogP contribution is -2.35. The molecule has 0 unspecified atom stereocenters. The highest BCUT2D eigenvalue weighted by Crippen LogP contribution is 2.29. The molecule has 3 amide bonds. The first-order chi connectivity index (χ1) is 16.1. The van der Waals surface area contributed by atoms with E-state index in [2.05, 4.69) is 20.9 Å². The van der Waals surface area contributed by atoms with Crippen LogP contribution in [-0.4, -0.2) is 65.7 Å². The van der Waals surface area contributed by atoms with E-state index in [1.54, 1.807) is 36.1 Å². The van der Waals surface area contributed by atoms with Crippen molar-refractivity contribution in [2.75, 3.05) is 39.2 Å². The smallest absolute Gasteiger partial charge is 0.319 e. The molecule has 1 aromatic heterocycles. The van der Waals surface area contributed by atoms with Gasteiger partial charge in [0.1, 0.15) is 5.52 Å². The summed E-state index contributed by atoms with van der Waals surface area (Å²) in [5.41, 5.74) is 2.69. The monoisotopic (exact) mass is 452 g/mol. The van der Waals surface area contributed by atoms with Crippen LogP contribution in [0.1, 0.15) is 29.6 Å². The first-order valence-corrected chi connectivity index (χ1v) is 11.0. The molecule has 10 heteroatoms. The van der Waals surface area contributed by atoms with Gasteiger partial charge in [-0.1, -0.05) is 5.21 Å². The average Bonchev–Trinajstić information content (AvgIpc) is 3.26. The van der Waals surface area contributed by atoms with Crippen LogP contribution >= 0.6 is 0 Å². The largest absolute Gasteiger partial charge is 0.493 e. The molecule has 1 fully saturated rings. The molecular formula is C23H28N6O4. The van der Waals surface area contributed by atoms with Crippen LogP contribution < -0.4 is 20.1 Å². The number of methoxy groups -OCH3 is 2. The van der Waals surface area contributed by atoms with Crippen molar-refractivity contribution < 1.29 is 19.1 Å². The Morgan fingerprint density at radius 1 is 1.00 bits per heavy atom. The van der Waals surface area contributed by atoms with Gasteiger partial charge in [-0.25, -0.2) is 9.48 Å². The van der Waals surface area contributed by atoms with E-state index >= 15 is 0 Å². The second kappa shape index (κ2) is 10.2. The van der Waals surface area contributed by atoms with Crippen LogP contribution in [0.25, 0.3) is 11.0 Å². The minimum Gasteiger partial charge on any atom is -0.493 e. The fourth-order valence-corrected chi connectivity index (χ4v) is 3.91. The number of amides is 3. The number of ether oxygens (including phenoxy) is 2. The second-order valence-corrected chi connectivity index (χ2v) is 7.82. The summed E-state index contributed by atoms with van der Waals surface area (Å²) in [6.07, 6.45) is 3.28. The molecule has 10 nitrogen and oxygen atoms in total. The zero-order valence-electron chi connectivity index (χ0n) is 18.8. The molecule has 1 saturated heterocycles. The second-order valence-electron chi connectivity index (χ2n) is 7.82. The minimum absolute atomic E-state index is 0.0413. The van der Waals surface area contributed by atoms with Gasteiger partial charge in [0.25, 0.3) is 5.91 Å². The molecule has 1 aliphatic heterocycles. The molecule has 3 aromatic rings. The quantitative estimate of drug-likeness (QED) is 0.570. The van der Waals surface area contributed by atoms with Gasteiger partial charge >= 0.3 is 6.03 Å². The summed E-state index contributed by atoms with van der Waals surface area (Å²) in [6.45, 7) is 2.41. The Hall–Kier alpha value is -3.82. The molecule has 0 atom stereocenters. The standard InChI is InChI=1S/C23H28N6O4/c1-32-20-9-7-17(15-21(20)33-2)25-23(31)24-10-13-29-19-8-6-16(14-18(19)26-27-29)22(30)28-11-4-3-5-12-28/h6-9,14-15H,3-5,10-13H2,1-2H3,(H2,24,25,31). The maximum absolute atomic E-state index is 12.7. The van der Waals surface area contributed by atoms with E-state index < -0.39 is 0 Å². The van der Waals surface area contributed by atoms with Crippen molar-refractivity contribution in [3.63, 3.8) is 0 Å². The lowest BCUT2D eigenvalue weighted by Gasteiger charge is -2.26. The molecule has 4 rings (SSSR count). The van der Waals surface area contributed by atoms with Crippen LogP contribution in [0.3, 0.4) is 0 Å². The third kappa shape index (κ3) is 5.16. The summed E-state index contributed by atoms with van der Waals surface area (Å²) < 4.78 is 12.2. The van der Waals surface area contributed by atoms with Gasteiger partial charge in [-0.05, 0) is 49.6 Å². The third-order valence-electron chi connectivity index (χ3n) is 5.65. The Labute approximate surface area is 191 Å². The highest BCUT2D eigenvalue weighted by atomic mass is 16.5. The fourth-order valence-electron chi connectivity index (χ4n) is 3.91. The van der Waals surface area contributed by atoms with Crippen molar-refractivity contribution in [1.82, 2.24) is 25.2 Å². The van der Waals surface area contributed by atoms with E-state index in [4.69, 9.17) is 9.47 Å². The first-order valence-electron chi connectivity index (χ1n) is 11.0. The van der Waals surface area contributed by atoms with E-state index in [1.807, 2.05) is 17.0 Å². The number of carbonyl (C=O) groups excluding carboxylic acids is 2. The molecule has 2 heterocycles. The van der Waals surface area contributed by atoms with Crippen LogP contribution in [0.2, 0.25) is 0 Å². The van der Waals surface area contributed by atoms with Crippen LogP contribution in [0.5, 0.6) is 11.5 Å². The predicted octanol–water partition coefficient (Wildman–Crippen LogP) is 2.90. The van der Waals surface area contributed by atoms with E-state index in [9.17, 15) is 9.59 Å². The first kappa shape index (κ1) is 22.4. The Bertz CT molecular complexity index is 1140. The molecule has 2 aromatic carbocycles. The molecule has 0 spiro atoms. The lowest BCUT2D eigenvalue weighted by atomic mass is 10.1. The summed E-state index contributed by atoms with van der Waals surface area (Å²) in [4.78, 5) is 26.9. The van der Waals surface area contributed by atoms with Crippen molar-refractivity contribution in [1.29, 1.82) is 0 Å². The Kier molecular flexibility index (Phi) is 6.92. The van der Waals surface area contributed by atoms with Gasteiger partial charge in [0, 0.05) is 37.0 Å². The molecule has 174 valence electrons. The summed E-state index contributed by atoms with van der Waals surface area (Å²) in [5.74, 6) is 1.16. The van der Waals surface area contributed by atoms with Crippen molar-refractivity contribution in [2.24, 2.45) is 0 Å². The number of fused-ring (bicyclic) bond motifs is 1. The Morgan fingerprint density at radius 3 is 2.55 bits per heavy atom. The Balaban J connectivity index is 1.33. The number of rotatable bonds is 7. The SMILES string of the molecule is COc1ccc(NC(=O)NCCn2nnc3cc(C(=O)N4CCCCC4)ccc32)cc1OC. The predicted molar refractivity (Wildman–Crippen MR) is 124 cm³/mol. The zero-order chi connectivity index (χ0) is 23.2. The van der Waals surface area contributed by atoms with E-state index in [-0.39, 0.29) is 11.9 Å². The van der Waals surface area contributed by atoms with Crippen molar-refractivity contribution in [3.05, 3.63) is 42.0 Å². The van der Waals surface area contributed by atoms with Gasteiger partial charge in [0.15, 0.2) is 11.5 Å². The molecule has 1 aliphatic rings. The van der Waals surface area contributed by atoms with Gasteiger partial charge in [-0.2, -0.15) is 0 Å². The molecular weight excluding hydrogens is 424 g/mol.